The predicted octanol–water partition coefficient (Wildman–Crippen LogP) is 2.62. The predicted molar refractivity (Wildman–Crippen MR) is 153 cm³/mol. The van der Waals surface area contributed by atoms with Gasteiger partial charge in [0.1, 0.15) is 12.1 Å². The van der Waals surface area contributed by atoms with Crippen LogP contribution in [0.25, 0.3) is 11.2 Å². The second-order valence-electron chi connectivity index (χ2n) is 9.90. The van der Waals surface area contributed by atoms with Crippen LogP contribution in [0.4, 0.5) is 17.5 Å². The summed E-state index contributed by atoms with van der Waals surface area (Å²) in [6.45, 7) is 0.386. The number of ether oxygens (including phenoxy) is 1. The first-order valence-electron chi connectivity index (χ1n) is 13.4. The van der Waals surface area contributed by atoms with Gasteiger partial charge in [-0.15, -0.1) is 0 Å². The van der Waals surface area contributed by atoms with Crippen molar-refractivity contribution in [1.29, 1.82) is 0 Å². The van der Waals surface area contributed by atoms with Gasteiger partial charge in [-0.25, -0.2) is 14.8 Å². The zero-order valence-electron chi connectivity index (χ0n) is 22.8. The van der Waals surface area contributed by atoms with Gasteiger partial charge in [0.2, 0.25) is 5.95 Å². The maximum absolute atomic E-state index is 13.0. The second-order valence-corrected chi connectivity index (χ2v) is 9.90. The SMILES string of the molecule is CN(Cc1cnc2nc(N)nc(N)c2n1)c1ccc(C(=O)N[C@@H](CCC(=O)O)C(=O)OC2/C=C/CCCCC2)cc1. The van der Waals surface area contributed by atoms with Crippen LogP contribution in [0.3, 0.4) is 0 Å². The van der Waals surface area contributed by atoms with Crippen LogP contribution in [0.1, 0.15) is 61.0 Å². The van der Waals surface area contributed by atoms with E-state index in [0.717, 1.165) is 31.4 Å². The van der Waals surface area contributed by atoms with E-state index in [1.165, 1.54) is 0 Å². The highest BCUT2D eigenvalue weighted by Crippen LogP contribution is 2.20. The lowest BCUT2D eigenvalue weighted by Crippen LogP contribution is -2.43. The lowest BCUT2D eigenvalue weighted by Gasteiger charge is -2.22. The summed E-state index contributed by atoms with van der Waals surface area (Å²) in [6.07, 6.45) is 9.38. The normalized spacial score (nSPS) is 16.7. The Labute approximate surface area is 237 Å². The molecule has 2 aromatic heterocycles. The molecule has 0 spiro atoms. The van der Waals surface area contributed by atoms with Gasteiger partial charge < -0.3 is 31.5 Å². The van der Waals surface area contributed by atoms with E-state index in [4.69, 9.17) is 21.3 Å². The van der Waals surface area contributed by atoms with Crippen LogP contribution in [0.5, 0.6) is 0 Å². The number of nitrogens with one attached hydrogen (secondary N) is 1. The number of fused-ring (bicyclic) bond motifs is 1. The third kappa shape index (κ3) is 8.10. The number of benzene rings is 1. The number of carbonyl (C=O) groups excluding carboxylic acids is 2. The number of aliphatic carboxylic acids is 1. The van der Waals surface area contributed by atoms with Gasteiger partial charge in [-0.05, 0) is 62.4 Å². The van der Waals surface area contributed by atoms with E-state index in [-0.39, 0.29) is 24.6 Å². The molecule has 1 aromatic carbocycles. The van der Waals surface area contributed by atoms with Crippen molar-refractivity contribution in [2.45, 2.75) is 63.6 Å². The molecule has 1 aliphatic rings. The molecule has 1 aliphatic carbocycles. The fourth-order valence-corrected chi connectivity index (χ4v) is 4.48. The van der Waals surface area contributed by atoms with Gasteiger partial charge in [0.25, 0.3) is 5.91 Å². The van der Waals surface area contributed by atoms with Gasteiger partial charge in [0.05, 0.1) is 18.4 Å². The second kappa shape index (κ2) is 13.5. The summed E-state index contributed by atoms with van der Waals surface area (Å²) in [4.78, 5) is 55.7. The fraction of sp³-hybridized carbons (Fsp3) is 0.393. The number of carboxylic acids is 1. The molecule has 2 atom stereocenters. The average molecular weight is 563 g/mol. The molecule has 0 bridgehead atoms. The Morgan fingerprint density at radius 3 is 2.66 bits per heavy atom. The van der Waals surface area contributed by atoms with Crippen molar-refractivity contribution in [1.82, 2.24) is 25.3 Å². The molecule has 0 saturated carbocycles. The average Bonchev–Trinajstić information content (AvgIpc) is 2.92. The Kier molecular flexibility index (Phi) is 9.61. The maximum Gasteiger partial charge on any atom is 0.329 e. The lowest BCUT2D eigenvalue weighted by molar-refractivity contribution is -0.150. The summed E-state index contributed by atoms with van der Waals surface area (Å²) >= 11 is 0. The molecule has 0 fully saturated rings. The molecule has 41 heavy (non-hydrogen) atoms. The van der Waals surface area contributed by atoms with Crippen LogP contribution in [-0.2, 0) is 20.9 Å². The Bertz CT molecular complexity index is 1430. The number of allylic oxidation sites excluding steroid dienone is 1. The molecule has 216 valence electrons. The van der Waals surface area contributed by atoms with Crippen LogP contribution in [-0.4, -0.2) is 62.1 Å². The minimum absolute atomic E-state index is 0.0237. The molecular formula is C28H34N8O5. The molecule has 6 N–H and O–H groups in total. The number of nitrogens with zero attached hydrogens (tertiary/aromatic N) is 5. The summed E-state index contributed by atoms with van der Waals surface area (Å²) in [5.74, 6) is -2.04. The summed E-state index contributed by atoms with van der Waals surface area (Å²) in [7, 11) is 1.85. The topological polar surface area (TPSA) is 200 Å². The summed E-state index contributed by atoms with van der Waals surface area (Å²) in [5.41, 5.74) is 13.9. The highest BCUT2D eigenvalue weighted by Gasteiger charge is 2.26. The van der Waals surface area contributed by atoms with E-state index in [1.54, 1.807) is 30.5 Å². The van der Waals surface area contributed by atoms with Crippen molar-refractivity contribution in [3.8, 4) is 0 Å². The summed E-state index contributed by atoms with van der Waals surface area (Å²) < 4.78 is 5.63. The molecule has 2 heterocycles. The zero-order valence-corrected chi connectivity index (χ0v) is 22.8. The monoisotopic (exact) mass is 562 g/mol. The molecule has 1 amide bonds. The Balaban J connectivity index is 1.40. The first-order valence-corrected chi connectivity index (χ1v) is 13.4. The van der Waals surface area contributed by atoms with Crippen molar-refractivity contribution < 1.29 is 24.2 Å². The Hall–Kier alpha value is -4.81. The van der Waals surface area contributed by atoms with Crippen molar-refractivity contribution in [2.75, 3.05) is 23.4 Å². The number of hydrogen-bond donors (Lipinski definition) is 4. The van der Waals surface area contributed by atoms with Gasteiger partial charge >= 0.3 is 11.9 Å². The van der Waals surface area contributed by atoms with Crippen molar-refractivity contribution >= 4 is 46.5 Å². The number of carbonyl (C=O) groups is 3. The van der Waals surface area contributed by atoms with Crippen LogP contribution in [0.15, 0.2) is 42.6 Å². The lowest BCUT2D eigenvalue weighted by atomic mass is 10.0. The molecule has 13 nitrogen and oxygen atoms in total. The van der Waals surface area contributed by atoms with Crippen molar-refractivity contribution in [2.24, 2.45) is 0 Å². The number of rotatable bonds is 10. The van der Waals surface area contributed by atoms with Crippen LogP contribution in [0.2, 0.25) is 0 Å². The number of hydrogen-bond acceptors (Lipinski definition) is 11. The number of amides is 1. The van der Waals surface area contributed by atoms with E-state index < -0.39 is 30.0 Å². The molecule has 0 aliphatic heterocycles. The quantitative estimate of drug-likeness (QED) is 0.208. The van der Waals surface area contributed by atoms with Crippen molar-refractivity contribution in [3.05, 3.63) is 53.9 Å². The van der Waals surface area contributed by atoms with E-state index in [2.05, 4.69) is 25.3 Å². The summed E-state index contributed by atoms with van der Waals surface area (Å²) in [5, 5.41) is 11.8. The van der Waals surface area contributed by atoms with Gasteiger partial charge in [0, 0.05) is 24.7 Å². The third-order valence-electron chi connectivity index (χ3n) is 6.68. The Morgan fingerprint density at radius 2 is 1.90 bits per heavy atom. The van der Waals surface area contributed by atoms with Crippen molar-refractivity contribution in [3.63, 3.8) is 0 Å². The molecule has 3 aromatic rings. The van der Waals surface area contributed by atoms with Crippen LogP contribution >= 0.6 is 0 Å². The highest BCUT2D eigenvalue weighted by molar-refractivity contribution is 5.97. The molecule has 0 saturated heterocycles. The zero-order chi connectivity index (χ0) is 29.4. The number of esters is 1. The minimum atomic E-state index is -1.09. The van der Waals surface area contributed by atoms with Gasteiger partial charge in [-0.1, -0.05) is 12.5 Å². The minimum Gasteiger partial charge on any atom is -0.481 e. The fourth-order valence-electron chi connectivity index (χ4n) is 4.48. The first-order chi connectivity index (χ1) is 19.7. The van der Waals surface area contributed by atoms with Gasteiger partial charge in [0.15, 0.2) is 17.0 Å². The largest absolute Gasteiger partial charge is 0.481 e. The number of aromatic nitrogens is 4. The Morgan fingerprint density at radius 1 is 1.12 bits per heavy atom. The van der Waals surface area contributed by atoms with Gasteiger partial charge in [-0.2, -0.15) is 9.97 Å². The molecule has 13 heteroatoms. The van der Waals surface area contributed by atoms with E-state index in [1.807, 2.05) is 24.1 Å². The number of carboxylic acid groups (broad SMARTS) is 1. The van der Waals surface area contributed by atoms with Crippen LogP contribution < -0.4 is 21.7 Å². The molecule has 4 rings (SSSR count). The van der Waals surface area contributed by atoms with Crippen LogP contribution in [0, 0.1) is 0 Å². The standard InChI is InChI=1S/C28H34N8O5/c1-36(16-18-15-31-25-23(32-18)24(29)34-28(30)35-25)19-11-9-17(10-12-19)26(39)33-21(13-14-22(37)38)27(40)41-20-7-5-3-2-4-6-8-20/h5,7,9-12,15,20-21H,2-4,6,8,13-14,16H2,1H3,(H,33,39)(H,37,38)(H4,29,30,31,34,35)/b7-5+/t20?,21-/m0/s1. The first kappa shape index (κ1) is 29.2. The number of nitrogens with two attached hydrogens (primary N) is 2. The number of nitrogen functional groups attached to an aromatic ring is 2. The number of anilines is 3. The smallest absolute Gasteiger partial charge is 0.329 e. The van der Waals surface area contributed by atoms with Gasteiger partial charge in [-0.3, -0.25) is 9.59 Å². The molecule has 1 unspecified atom stereocenters. The highest BCUT2D eigenvalue weighted by atomic mass is 16.5. The van der Waals surface area contributed by atoms with E-state index >= 15 is 0 Å². The third-order valence-corrected chi connectivity index (χ3v) is 6.68. The van der Waals surface area contributed by atoms with E-state index in [9.17, 15) is 14.4 Å². The van der Waals surface area contributed by atoms with E-state index in [0.29, 0.717) is 35.4 Å². The molecular weight excluding hydrogens is 528 g/mol. The summed E-state index contributed by atoms with van der Waals surface area (Å²) in [6, 6.07) is 5.67. The maximum atomic E-state index is 13.0. The molecule has 0 radical (unpaired) electrons.